The average Bonchev–Trinajstić information content (AvgIpc) is 3.13. The van der Waals surface area contributed by atoms with Crippen molar-refractivity contribution in [2.24, 2.45) is 0 Å². The van der Waals surface area contributed by atoms with E-state index in [1.807, 2.05) is 0 Å². The summed E-state index contributed by atoms with van der Waals surface area (Å²) in [6.45, 7) is -0.217. The van der Waals surface area contributed by atoms with E-state index in [9.17, 15) is 22.4 Å². The first-order chi connectivity index (χ1) is 15.1. The molecule has 32 heavy (non-hydrogen) atoms. The fraction of sp³-hybridized carbons (Fsp3) is 0.238. The fourth-order valence-corrected chi connectivity index (χ4v) is 3.46. The van der Waals surface area contributed by atoms with Crippen LogP contribution in [0.3, 0.4) is 0 Å². The van der Waals surface area contributed by atoms with Crippen molar-refractivity contribution in [2.75, 3.05) is 38.2 Å². The van der Waals surface area contributed by atoms with Crippen molar-refractivity contribution in [3.05, 3.63) is 47.8 Å². The molecule has 3 rings (SSSR count). The molecule has 0 fully saturated rings. The van der Waals surface area contributed by atoms with Crippen LogP contribution in [-0.2, 0) is 14.6 Å². The van der Waals surface area contributed by atoms with Gasteiger partial charge < -0.3 is 25.1 Å². The summed E-state index contributed by atoms with van der Waals surface area (Å²) < 4.78 is 47.0. The van der Waals surface area contributed by atoms with Crippen LogP contribution >= 0.6 is 0 Å². The molecular weight excluding hydrogens is 441 g/mol. The number of carbonyl (C=O) groups is 2. The van der Waals surface area contributed by atoms with Crippen molar-refractivity contribution in [1.29, 1.82) is 0 Å². The standard InChI is InChI=1S/C21H22FN3O6S/c1-23-21(27)19-14-8-17(30-2)15(24-10-18(26)25-11-32(3,28)29)9-16(14)31-20(19)12-4-6-13(22)7-5-12/h4-9,24H,10-11H2,1-3H3,(H,23,27)(H,25,26). The minimum Gasteiger partial charge on any atom is -0.495 e. The Balaban J connectivity index is 1.99. The lowest BCUT2D eigenvalue weighted by Crippen LogP contribution is -2.33. The number of sulfone groups is 1. The maximum Gasteiger partial charge on any atom is 0.255 e. The number of ether oxygens (including phenoxy) is 1. The number of hydrogen-bond acceptors (Lipinski definition) is 7. The van der Waals surface area contributed by atoms with Crippen LogP contribution in [-0.4, -0.2) is 53.1 Å². The Morgan fingerprint density at radius 2 is 1.84 bits per heavy atom. The Kier molecular flexibility index (Phi) is 6.68. The molecule has 0 aliphatic heterocycles. The van der Waals surface area contributed by atoms with Gasteiger partial charge in [-0.3, -0.25) is 9.59 Å². The number of furan rings is 1. The molecule has 0 aliphatic carbocycles. The molecule has 0 spiro atoms. The van der Waals surface area contributed by atoms with E-state index in [2.05, 4.69) is 16.0 Å². The summed E-state index contributed by atoms with van der Waals surface area (Å²) in [5.41, 5.74) is 1.50. The van der Waals surface area contributed by atoms with E-state index in [4.69, 9.17) is 9.15 Å². The van der Waals surface area contributed by atoms with Crippen molar-refractivity contribution in [3.8, 4) is 17.1 Å². The van der Waals surface area contributed by atoms with Gasteiger partial charge in [0.2, 0.25) is 5.91 Å². The van der Waals surface area contributed by atoms with Crippen molar-refractivity contribution >= 4 is 38.3 Å². The summed E-state index contributed by atoms with van der Waals surface area (Å²) in [6.07, 6.45) is 1.01. The van der Waals surface area contributed by atoms with E-state index in [1.54, 1.807) is 12.1 Å². The highest BCUT2D eigenvalue weighted by atomic mass is 32.2. The van der Waals surface area contributed by atoms with Gasteiger partial charge in [0.05, 0.1) is 24.9 Å². The van der Waals surface area contributed by atoms with Crippen LogP contribution in [0.2, 0.25) is 0 Å². The molecular formula is C21H22FN3O6S. The smallest absolute Gasteiger partial charge is 0.255 e. The lowest BCUT2D eigenvalue weighted by Gasteiger charge is -2.11. The highest BCUT2D eigenvalue weighted by molar-refractivity contribution is 7.90. The Morgan fingerprint density at radius 3 is 2.44 bits per heavy atom. The molecule has 0 radical (unpaired) electrons. The van der Waals surface area contributed by atoms with Crippen LogP contribution < -0.4 is 20.7 Å². The molecule has 0 unspecified atom stereocenters. The third-order valence-corrected chi connectivity index (χ3v) is 5.21. The largest absolute Gasteiger partial charge is 0.495 e. The zero-order chi connectivity index (χ0) is 23.5. The quantitative estimate of drug-likeness (QED) is 0.467. The van der Waals surface area contributed by atoms with Crippen LogP contribution in [0, 0.1) is 5.82 Å². The van der Waals surface area contributed by atoms with Gasteiger partial charge in [0, 0.05) is 30.3 Å². The summed E-state index contributed by atoms with van der Waals surface area (Å²) in [6, 6.07) is 8.69. The van der Waals surface area contributed by atoms with Crippen LogP contribution in [0.5, 0.6) is 5.75 Å². The summed E-state index contributed by atoms with van der Waals surface area (Å²) in [5.74, 6) is -1.23. The molecule has 0 bridgehead atoms. The van der Waals surface area contributed by atoms with Crippen molar-refractivity contribution in [3.63, 3.8) is 0 Å². The van der Waals surface area contributed by atoms with E-state index >= 15 is 0 Å². The van der Waals surface area contributed by atoms with Crippen molar-refractivity contribution < 1.29 is 31.6 Å². The Morgan fingerprint density at radius 1 is 1.16 bits per heavy atom. The molecule has 3 N–H and O–H groups in total. The molecule has 0 saturated heterocycles. The highest BCUT2D eigenvalue weighted by Crippen LogP contribution is 2.39. The zero-order valence-corrected chi connectivity index (χ0v) is 18.4. The number of hydrogen-bond donors (Lipinski definition) is 3. The van der Waals surface area contributed by atoms with Gasteiger partial charge >= 0.3 is 0 Å². The SMILES string of the molecule is CNC(=O)c1c(-c2ccc(F)cc2)oc2cc(NCC(=O)NCS(C)(=O)=O)c(OC)cc12. The predicted molar refractivity (Wildman–Crippen MR) is 118 cm³/mol. The van der Waals surface area contributed by atoms with Gasteiger partial charge in [0.25, 0.3) is 5.91 Å². The zero-order valence-electron chi connectivity index (χ0n) is 17.6. The summed E-state index contributed by atoms with van der Waals surface area (Å²) >= 11 is 0. The van der Waals surface area contributed by atoms with Crippen molar-refractivity contribution in [2.45, 2.75) is 0 Å². The molecule has 2 aromatic carbocycles. The van der Waals surface area contributed by atoms with Gasteiger partial charge in [-0.25, -0.2) is 12.8 Å². The Labute approximate surface area is 183 Å². The molecule has 3 aromatic rings. The lowest BCUT2D eigenvalue weighted by molar-refractivity contribution is -0.119. The molecule has 0 aliphatic rings. The topological polar surface area (TPSA) is 127 Å². The van der Waals surface area contributed by atoms with E-state index in [-0.39, 0.29) is 17.9 Å². The van der Waals surface area contributed by atoms with Crippen LogP contribution in [0.25, 0.3) is 22.3 Å². The second-order valence-corrected chi connectivity index (χ2v) is 9.10. The van der Waals surface area contributed by atoms with E-state index in [0.29, 0.717) is 28.0 Å². The second kappa shape index (κ2) is 9.27. The van der Waals surface area contributed by atoms with Crippen LogP contribution in [0.15, 0.2) is 40.8 Å². The summed E-state index contributed by atoms with van der Waals surface area (Å²) in [4.78, 5) is 24.5. The molecule has 0 saturated carbocycles. The number of nitrogens with one attached hydrogen (secondary N) is 3. The van der Waals surface area contributed by atoms with Crippen LogP contribution in [0.1, 0.15) is 10.4 Å². The molecule has 11 heteroatoms. The Hall–Kier alpha value is -3.60. The maximum absolute atomic E-state index is 13.4. The molecule has 1 aromatic heterocycles. The fourth-order valence-electron chi connectivity index (χ4n) is 3.03. The number of rotatable bonds is 8. The lowest BCUT2D eigenvalue weighted by atomic mass is 10.0. The van der Waals surface area contributed by atoms with Gasteiger partial charge in [-0.15, -0.1) is 0 Å². The average molecular weight is 463 g/mol. The number of fused-ring (bicyclic) bond motifs is 1. The first kappa shape index (κ1) is 23.1. The number of carbonyl (C=O) groups excluding carboxylic acids is 2. The van der Waals surface area contributed by atoms with Gasteiger partial charge in [-0.1, -0.05) is 0 Å². The first-order valence-electron chi connectivity index (χ1n) is 9.43. The minimum absolute atomic E-state index is 0.217. The molecule has 2 amide bonds. The van der Waals surface area contributed by atoms with E-state index in [0.717, 1.165) is 6.26 Å². The molecule has 170 valence electrons. The number of benzene rings is 2. The minimum atomic E-state index is -3.35. The van der Waals surface area contributed by atoms with E-state index in [1.165, 1.54) is 38.4 Å². The predicted octanol–water partition coefficient (Wildman–Crippen LogP) is 2.14. The highest BCUT2D eigenvalue weighted by Gasteiger charge is 2.23. The molecule has 1 heterocycles. The van der Waals surface area contributed by atoms with Gasteiger partial charge in [-0.05, 0) is 30.3 Å². The van der Waals surface area contributed by atoms with E-state index < -0.39 is 33.3 Å². The van der Waals surface area contributed by atoms with Gasteiger partial charge in [-0.2, -0.15) is 0 Å². The monoisotopic (exact) mass is 463 g/mol. The van der Waals surface area contributed by atoms with Crippen molar-refractivity contribution in [1.82, 2.24) is 10.6 Å². The summed E-state index contributed by atoms with van der Waals surface area (Å²) in [7, 11) is -0.435. The Bertz CT molecular complexity index is 1270. The third-order valence-electron chi connectivity index (χ3n) is 4.54. The molecule has 0 atom stereocenters. The second-order valence-electron chi connectivity index (χ2n) is 6.96. The summed E-state index contributed by atoms with van der Waals surface area (Å²) in [5, 5.41) is 8.19. The number of amides is 2. The number of halogens is 1. The van der Waals surface area contributed by atoms with Gasteiger partial charge in [0.15, 0.2) is 9.84 Å². The first-order valence-corrected chi connectivity index (χ1v) is 11.5. The number of methoxy groups -OCH3 is 1. The maximum atomic E-state index is 13.4. The van der Waals surface area contributed by atoms with Gasteiger partial charge in [0.1, 0.15) is 28.8 Å². The molecule has 9 nitrogen and oxygen atoms in total. The third kappa shape index (κ3) is 5.17. The normalized spacial score (nSPS) is 11.2. The number of anilines is 1. The van der Waals surface area contributed by atoms with Crippen LogP contribution in [0.4, 0.5) is 10.1 Å².